The molecule has 2 heterocycles. The third kappa shape index (κ3) is 2.31. The van der Waals surface area contributed by atoms with Gasteiger partial charge in [0.2, 0.25) is 0 Å². The van der Waals surface area contributed by atoms with Gasteiger partial charge in [-0.25, -0.2) is 17.8 Å². The minimum atomic E-state index is -3.03. The Morgan fingerprint density at radius 1 is 1.50 bits per heavy atom. The summed E-state index contributed by atoms with van der Waals surface area (Å²) in [5.74, 6) is 0.441. The molecule has 0 aliphatic carbocycles. The first kappa shape index (κ1) is 13.8. The number of imidazole rings is 1. The van der Waals surface area contributed by atoms with E-state index >= 15 is 0 Å². The van der Waals surface area contributed by atoms with Gasteiger partial charge in [-0.15, -0.1) is 11.6 Å². The van der Waals surface area contributed by atoms with Crippen LogP contribution < -0.4 is 0 Å². The highest BCUT2D eigenvalue weighted by molar-refractivity contribution is 7.91. The molecule has 0 amide bonds. The lowest BCUT2D eigenvalue weighted by atomic mass is 10.2. The predicted molar refractivity (Wildman–Crippen MR) is 76.3 cm³/mol. The zero-order valence-electron chi connectivity index (χ0n) is 10.9. The minimum Gasteiger partial charge on any atom is -0.322 e. The molecule has 7 heteroatoms. The molecule has 4 nitrogen and oxygen atoms in total. The standard InChI is InChI=1S/C13H14ClFN2O2S/c1-8(14)13-16-11-3-2-9(15)6-12(11)17(13)10-4-5-20(18,19)7-10/h2-3,6,8,10H,4-5,7H2,1H3. The maximum atomic E-state index is 13.5. The third-order valence-corrected chi connectivity index (χ3v) is 5.55. The van der Waals surface area contributed by atoms with E-state index in [1.807, 2.05) is 0 Å². The van der Waals surface area contributed by atoms with Gasteiger partial charge in [-0.3, -0.25) is 0 Å². The Hall–Kier alpha value is -1.14. The van der Waals surface area contributed by atoms with Crippen molar-refractivity contribution in [3.8, 4) is 0 Å². The number of nitrogens with zero attached hydrogens (tertiary/aromatic N) is 2. The monoisotopic (exact) mass is 316 g/mol. The summed E-state index contributed by atoms with van der Waals surface area (Å²) >= 11 is 6.14. The van der Waals surface area contributed by atoms with Crippen LogP contribution in [-0.2, 0) is 9.84 Å². The molecule has 1 saturated heterocycles. The third-order valence-electron chi connectivity index (χ3n) is 3.61. The number of benzene rings is 1. The van der Waals surface area contributed by atoms with Crippen LogP contribution in [-0.4, -0.2) is 29.5 Å². The van der Waals surface area contributed by atoms with Crippen molar-refractivity contribution >= 4 is 32.5 Å². The van der Waals surface area contributed by atoms with E-state index in [0.29, 0.717) is 23.3 Å². The fourth-order valence-electron chi connectivity index (χ4n) is 2.73. The van der Waals surface area contributed by atoms with Gasteiger partial charge in [-0.2, -0.15) is 0 Å². The Morgan fingerprint density at radius 2 is 2.25 bits per heavy atom. The number of aromatic nitrogens is 2. The molecule has 1 aromatic carbocycles. The van der Waals surface area contributed by atoms with E-state index in [1.54, 1.807) is 17.6 Å². The number of hydrogen-bond acceptors (Lipinski definition) is 3. The highest BCUT2D eigenvalue weighted by Gasteiger charge is 2.32. The van der Waals surface area contributed by atoms with Crippen LogP contribution in [0.5, 0.6) is 0 Å². The number of hydrogen-bond donors (Lipinski definition) is 0. The van der Waals surface area contributed by atoms with Gasteiger partial charge < -0.3 is 4.57 Å². The normalized spacial score (nSPS) is 23.2. The molecule has 1 aliphatic rings. The molecule has 0 saturated carbocycles. The number of fused-ring (bicyclic) bond motifs is 1. The van der Waals surface area contributed by atoms with E-state index in [0.717, 1.165) is 0 Å². The number of halogens is 2. The molecule has 2 unspecified atom stereocenters. The van der Waals surface area contributed by atoms with Crippen molar-refractivity contribution in [2.75, 3.05) is 11.5 Å². The molecule has 1 fully saturated rings. The van der Waals surface area contributed by atoms with E-state index in [-0.39, 0.29) is 28.7 Å². The van der Waals surface area contributed by atoms with Crippen LogP contribution in [0.3, 0.4) is 0 Å². The van der Waals surface area contributed by atoms with E-state index in [2.05, 4.69) is 4.98 Å². The van der Waals surface area contributed by atoms with Crippen molar-refractivity contribution in [3.05, 3.63) is 29.8 Å². The summed E-state index contributed by atoms with van der Waals surface area (Å²) in [4.78, 5) is 4.42. The summed E-state index contributed by atoms with van der Waals surface area (Å²) in [6.45, 7) is 1.78. The maximum absolute atomic E-state index is 13.5. The number of sulfone groups is 1. The van der Waals surface area contributed by atoms with Gasteiger partial charge in [0, 0.05) is 0 Å². The summed E-state index contributed by atoms with van der Waals surface area (Å²) < 4.78 is 38.6. The Balaban J connectivity index is 2.21. The van der Waals surface area contributed by atoms with Crippen LogP contribution in [0.1, 0.15) is 30.6 Å². The lowest BCUT2D eigenvalue weighted by molar-refractivity contribution is 0.544. The quantitative estimate of drug-likeness (QED) is 0.801. The van der Waals surface area contributed by atoms with Crippen LogP contribution in [0.25, 0.3) is 11.0 Å². The Labute approximate surface area is 121 Å². The fraction of sp³-hybridized carbons (Fsp3) is 0.462. The van der Waals surface area contributed by atoms with E-state index in [9.17, 15) is 12.8 Å². The molecule has 2 aromatic rings. The number of rotatable bonds is 2. The number of alkyl halides is 1. The molecule has 108 valence electrons. The molecule has 1 aromatic heterocycles. The van der Waals surface area contributed by atoms with Crippen molar-refractivity contribution < 1.29 is 12.8 Å². The second-order valence-electron chi connectivity index (χ2n) is 5.15. The molecule has 2 atom stereocenters. The zero-order valence-corrected chi connectivity index (χ0v) is 12.5. The first-order chi connectivity index (χ1) is 9.37. The lowest BCUT2D eigenvalue weighted by Crippen LogP contribution is -2.14. The molecular formula is C13H14ClFN2O2S. The molecule has 0 radical (unpaired) electrons. The van der Waals surface area contributed by atoms with Gasteiger partial charge in [0.15, 0.2) is 9.84 Å². The van der Waals surface area contributed by atoms with Gasteiger partial charge in [0.25, 0.3) is 0 Å². The average molecular weight is 317 g/mol. The van der Waals surface area contributed by atoms with E-state index < -0.39 is 9.84 Å². The molecule has 20 heavy (non-hydrogen) atoms. The fourth-order valence-corrected chi connectivity index (χ4v) is 4.58. The minimum absolute atomic E-state index is 0.0611. The lowest BCUT2D eigenvalue weighted by Gasteiger charge is -2.16. The second-order valence-corrected chi connectivity index (χ2v) is 8.03. The van der Waals surface area contributed by atoms with Gasteiger partial charge in [0.05, 0.1) is 34.0 Å². The van der Waals surface area contributed by atoms with Crippen molar-refractivity contribution in [2.45, 2.75) is 24.8 Å². The average Bonchev–Trinajstić information content (AvgIpc) is 2.88. The first-order valence-corrected chi connectivity index (χ1v) is 8.65. The van der Waals surface area contributed by atoms with Crippen LogP contribution in [0, 0.1) is 5.82 Å². The molecule has 0 spiro atoms. The van der Waals surface area contributed by atoms with Crippen LogP contribution in [0.4, 0.5) is 4.39 Å². The molecular weight excluding hydrogens is 303 g/mol. The largest absolute Gasteiger partial charge is 0.322 e. The molecule has 0 N–H and O–H groups in total. The summed E-state index contributed by atoms with van der Waals surface area (Å²) in [5, 5.41) is -0.367. The SMILES string of the molecule is CC(Cl)c1nc2ccc(F)cc2n1C1CCS(=O)(=O)C1. The van der Waals surface area contributed by atoms with Gasteiger partial charge in [0.1, 0.15) is 11.6 Å². The summed E-state index contributed by atoms with van der Waals surface area (Å²) in [6, 6.07) is 4.10. The Kier molecular flexibility index (Phi) is 3.25. The summed E-state index contributed by atoms with van der Waals surface area (Å²) in [7, 11) is -3.03. The van der Waals surface area contributed by atoms with Gasteiger partial charge in [-0.05, 0) is 31.5 Å². The van der Waals surface area contributed by atoms with Crippen molar-refractivity contribution in [3.63, 3.8) is 0 Å². The predicted octanol–water partition coefficient (Wildman–Crippen LogP) is 2.83. The van der Waals surface area contributed by atoms with Crippen LogP contribution in [0.2, 0.25) is 0 Å². The zero-order chi connectivity index (χ0) is 14.5. The van der Waals surface area contributed by atoms with Crippen molar-refractivity contribution in [1.82, 2.24) is 9.55 Å². The van der Waals surface area contributed by atoms with Crippen LogP contribution in [0.15, 0.2) is 18.2 Å². The van der Waals surface area contributed by atoms with Gasteiger partial charge in [-0.1, -0.05) is 0 Å². The Morgan fingerprint density at radius 3 is 2.85 bits per heavy atom. The molecule has 3 rings (SSSR count). The first-order valence-electron chi connectivity index (χ1n) is 6.39. The van der Waals surface area contributed by atoms with E-state index in [1.165, 1.54) is 12.1 Å². The summed E-state index contributed by atoms with van der Waals surface area (Å²) in [6.07, 6.45) is 0.515. The summed E-state index contributed by atoms with van der Waals surface area (Å²) in [5.41, 5.74) is 1.24. The maximum Gasteiger partial charge on any atom is 0.152 e. The highest BCUT2D eigenvalue weighted by Crippen LogP contribution is 2.33. The smallest absolute Gasteiger partial charge is 0.152 e. The van der Waals surface area contributed by atoms with Crippen LogP contribution >= 0.6 is 11.6 Å². The van der Waals surface area contributed by atoms with E-state index in [4.69, 9.17) is 11.6 Å². The van der Waals surface area contributed by atoms with Crippen molar-refractivity contribution in [2.24, 2.45) is 0 Å². The molecule has 1 aliphatic heterocycles. The second kappa shape index (κ2) is 4.70. The van der Waals surface area contributed by atoms with Gasteiger partial charge >= 0.3 is 0 Å². The molecule has 0 bridgehead atoms. The topological polar surface area (TPSA) is 52.0 Å². The highest BCUT2D eigenvalue weighted by atomic mass is 35.5. The Bertz CT molecular complexity index is 770. The van der Waals surface area contributed by atoms with Crippen molar-refractivity contribution in [1.29, 1.82) is 0 Å².